The summed E-state index contributed by atoms with van der Waals surface area (Å²) in [6.07, 6.45) is 0. The number of anilines is 1. The molecule has 0 aliphatic heterocycles. The number of hydrogen-bond donors (Lipinski definition) is 1. The molecule has 1 rings (SSSR count). The molecule has 0 saturated carbocycles. The van der Waals surface area contributed by atoms with E-state index in [-0.39, 0.29) is 28.8 Å². The Morgan fingerprint density at radius 1 is 1.53 bits per heavy atom. The van der Waals surface area contributed by atoms with E-state index >= 15 is 0 Å². The lowest BCUT2D eigenvalue weighted by Gasteiger charge is -2.11. The Hall–Kier alpha value is -1.82. The maximum absolute atomic E-state index is 11.3. The molecule has 0 aliphatic carbocycles. The number of halogens is 1. The summed E-state index contributed by atoms with van der Waals surface area (Å²) in [5, 5.41) is 13.8. The van der Waals surface area contributed by atoms with E-state index in [2.05, 4.69) is 5.32 Å². The molecule has 0 radical (unpaired) electrons. The summed E-state index contributed by atoms with van der Waals surface area (Å²) in [7, 11) is 3.22. The molecule has 0 saturated heterocycles. The van der Waals surface area contributed by atoms with Gasteiger partial charge in [-0.3, -0.25) is 14.9 Å². The fraction of sp³-hybridized carbons (Fsp3) is 0.300. The van der Waals surface area contributed by atoms with Crippen LogP contribution in [-0.4, -0.2) is 36.4 Å². The second kappa shape index (κ2) is 5.49. The van der Waals surface area contributed by atoms with Crippen LogP contribution in [0.4, 0.5) is 11.4 Å². The van der Waals surface area contributed by atoms with Crippen molar-refractivity contribution in [3.63, 3.8) is 0 Å². The van der Waals surface area contributed by atoms with Gasteiger partial charge >= 0.3 is 0 Å². The third-order valence-corrected chi connectivity index (χ3v) is 2.32. The SMILES string of the molecule is CN(C)C(=O)CNc1ccc(Cl)cc1[N+](=O)[O-]. The summed E-state index contributed by atoms with van der Waals surface area (Å²) < 4.78 is 0. The lowest BCUT2D eigenvalue weighted by atomic mass is 10.2. The Balaban J connectivity index is 2.84. The minimum Gasteiger partial charge on any atom is -0.371 e. The van der Waals surface area contributed by atoms with Gasteiger partial charge in [-0.2, -0.15) is 0 Å². The Morgan fingerprint density at radius 2 is 2.18 bits per heavy atom. The van der Waals surface area contributed by atoms with E-state index in [0.717, 1.165) is 0 Å². The highest BCUT2D eigenvalue weighted by Gasteiger charge is 2.15. The van der Waals surface area contributed by atoms with Crippen LogP contribution in [0.15, 0.2) is 18.2 Å². The molecule has 1 N–H and O–H groups in total. The Bertz CT molecular complexity index is 448. The Labute approximate surface area is 103 Å². The normalized spacial score (nSPS) is 9.82. The standard InChI is InChI=1S/C10H12ClN3O3/c1-13(2)10(15)6-12-8-4-3-7(11)5-9(8)14(16)17/h3-5,12H,6H2,1-2H3. The number of nitro benzene ring substituents is 1. The molecule has 17 heavy (non-hydrogen) atoms. The fourth-order valence-corrected chi connectivity index (χ4v) is 1.30. The Kier molecular flexibility index (Phi) is 4.28. The van der Waals surface area contributed by atoms with Crippen LogP contribution in [0.25, 0.3) is 0 Å². The van der Waals surface area contributed by atoms with Crippen molar-refractivity contribution in [2.75, 3.05) is 26.0 Å². The molecule has 1 amide bonds. The van der Waals surface area contributed by atoms with Crippen molar-refractivity contribution in [1.29, 1.82) is 0 Å². The average Bonchev–Trinajstić information content (AvgIpc) is 2.26. The first-order valence-corrected chi connectivity index (χ1v) is 5.17. The van der Waals surface area contributed by atoms with Gasteiger partial charge in [0, 0.05) is 25.2 Å². The number of carbonyl (C=O) groups excluding carboxylic acids is 1. The maximum Gasteiger partial charge on any atom is 0.293 e. The topological polar surface area (TPSA) is 75.5 Å². The van der Waals surface area contributed by atoms with Gasteiger partial charge in [0.05, 0.1) is 11.5 Å². The van der Waals surface area contributed by atoms with Crippen molar-refractivity contribution in [3.05, 3.63) is 33.3 Å². The number of nitro groups is 1. The zero-order chi connectivity index (χ0) is 13.0. The second-order valence-electron chi connectivity index (χ2n) is 3.56. The first kappa shape index (κ1) is 13.2. The first-order valence-electron chi connectivity index (χ1n) is 4.80. The summed E-state index contributed by atoms with van der Waals surface area (Å²) >= 11 is 5.67. The van der Waals surface area contributed by atoms with Gasteiger partial charge in [0.2, 0.25) is 5.91 Å². The van der Waals surface area contributed by atoms with E-state index in [4.69, 9.17) is 11.6 Å². The molecule has 0 bridgehead atoms. The molecule has 0 fully saturated rings. The minimum atomic E-state index is -0.547. The minimum absolute atomic E-state index is 0.00449. The molecule has 0 unspecified atom stereocenters. The van der Waals surface area contributed by atoms with Gasteiger partial charge in [0.1, 0.15) is 5.69 Å². The number of benzene rings is 1. The maximum atomic E-state index is 11.3. The monoisotopic (exact) mass is 257 g/mol. The summed E-state index contributed by atoms with van der Waals surface area (Å²) in [4.78, 5) is 22.9. The highest BCUT2D eigenvalue weighted by molar-refractivity contribution is 6.30. The van der Waals surface area contributed by atoms with Crippen LogP contribution in [0.5, 0.6) is 0 Å². The predicted molar refractivity (Wildman–Crippen MR) is 65.3 cm³/mol. The van der Waals surface area contributed by atoms with Crippen LogP contribution in [0.1, 0.15) is 0 Å². The Morgan fingerprint density at radius 3 is 2.71 bits per heavy atom. The molecule has 6 nitrogen and oxygen atoms in total. The van der Waals surface area contributed by atoms with E-state index in [9.17, 15) is 14.9 Å². The van der Waals surface area contributed by atoms with Gasteiger partial charge < -0.3 is 10.2 Å². The molecule has 0 atom stereocenters. The predicted octanol–water partition coefficient (Wildman–Crippen LogP) is 1.75. The largest absolute Gasteiger partial charge is 0.371 e. The second-order valence-corrected chi connectivity index (χ2v) is 4.00. The number of carbonyl (C=O) groups is 1. The molecule has 92 valence electrons. The molecule has 0 heterocycles. The number of amides is 1. The number of hydrogen-bond acceptors (Lipinski definition) is 4. The van der Waals surface area contributed by atoms with E-state index in [1.54, 1.807) is 14.1 Å². The van der Waals surface area contributed by atoms with Crippen LogP contribution in [0.3, 0.4) is 0 Å². The van der Waals surface area contributed by atoms with Crippen LogP contribution in [0.2, 0.25) is 5.02 Å². The zero-order valence-electron chi connectivity index (χ0n) is 9.44. The smallest absolute Gasteiger partial charge is 0.293 e. The summed E-state index contributed by atoms with van der Waals surface area (Å²) in [5.41, 5.74) is 0.124. The molecular weight excluding hydrogens is 246 g/mol. The number of rotatable bonds is 4. The van der Waals surface area contributed by atoms with E-state index in [1.165, 1.54) is 23.1 Å². The summed E-state index contributed by atoms with van der Waals surface area (Å²) in [5.74, 6) is -0.172. The van der Waals surface area contributed by atoms with Crippen LogP contribution in [-0.2, 0) is 4.79 Å². The fourth-order valence-electron chi connectivity index (χ4n) is 1.13. The van der Waals surface area contributed by atoms with Gasteiger partial charge in [-0.15, -0.1) is 0 Å². The molecule has 0 spiro atoms. The van der Waals surface area contributed by atoms with Gasteiger partial charge in [-0.25, -0.2) is 0 Å². The number of nitrogens with zero attached hydrogens (tertiary/aromatic N) is 2. The van der Waals surface area contributed by atoms with Crippen molar-refractivity contribution in [3.8, 4) is 0 Å². The zero-order valence-corrected chi connectivity index (χ0v) is 10.2. The third kappa shape index (κ3) is 3.60. The summed E-state index contributed by atoms with van der Waals surface area (Å²) in [6.45, 7) is -0.00449. The first-order chi connectivity index (χ1) is 7.91. The molecule has 0 aliphatic rings. The molecule has 7 heteroatoms. The third-order valence-electron chi connectivity index (χ3n) is 2.09. The van der Waals surface area contributed by atoms with Crippen molar-refractivity contribution in [2.45, 2.75) is 0 Å². The highest BCUT2D eigenvalue weighted by Crippen LogP contribution is 2.27. The van der Waals surface area contributed by atoms with Gasteiger partial charge in [0.25, 0.3) is 5.69 Å². The van der Waals surface area contributed by atoms with E-state index in [1.807, 2.05) is 0 Å². The van der Waals surface area contributed by atoms with Gasteiger partial charge in [-0.1, -0.05) is 11.6 Å². The lowest BCUT2D eigenvalue weighted by molar-refractivity contribution is -0.383. The van der Waals surface area contributed by atoms with Crippen molar-refractivity contribution >= 4 is 28.9 Å². The van der Waals surface area contributed by atoms with E-state index in [0.29, 0.717) is 0 Å². The molecule has 1 aromatic carbocycles. The molecular formula is C10H12ClN3O3. The van der Waals surface area contributed by atoms with Gasteiger partial charge in [-0.05, 0) is 12.1 Å². The molecule has 0 aromatic heterocycles. The quantitative estimate of drug-likeness (QED) is 0.659. The number of likely N-dealkylation sites (N-methyl/N-ethyl adjacent to an activating group) is 1. The molecule has 1 aromatic rings. The average molecular weight is 258 g/mol. The lowest BCUT2D eigenvalue weighted by Crippen LogP contribution is -2.28. The van der Waals surface area contributed by atoms with Crippen molar-refractivity contribution in [1.82, 2.24) is 4.90 Å². The highest BCUT2D eigenvalue weighted by atomic mass is 35.5. The number of nitrogens with one attached hydrogen (secondary N) is 1. The van der Waals surface area contributed by atoms with E-state index < -0.39 is 4.92 Å². The van der Waals surface area contributed by atoms with Crippen molar-refractivity contribution in [2.24, 2.45) is 0 Å². The van der Waals surface area contributed by atoms with Gasteiger partial charge in [0.15, 0.2) is 0 Å². The van der Waals surface area contributed by atoms with Crippen molar-refractivity contribution < 1.29 is 9.72 Å². The van der Waals surface area contributed by atoms with Crippen LogP contribution >= 0.6 is 11.6 Å². The van der Waals surface area contributed by atoms with Crippen LogP contribution < -0.4 is 5.32 Å². The van der Waals surface area contributed by atoms with Crippen LogP contribution in [0, 0.1) is 10.1 Å². The summed E-state index contributed by atoms with van der Waals surface area (Å²) in [6, 6.07) is 4.24.